The highest BCUT2D eigenvalue weighted by Crippen LogP contribution is 2.32. The van der Waals surface area contributed by atoms with Crippen LogP contribution in [0.1, 0.15) is 5.56 Å². The number of methoxy groups -OCH3 is 1. The Hall–Kier alpha value is -2.93. The Bertz CT molecular complexity index is 869. The zero-order chi connectivity index (χ0) is 19.4. The maximum atomic E-state index is 12.1. The van der Waals surface area contributed by atoms with E-state index in [0.29, 0.717) is 28.0 Å². The summed E-state index contributed by atoms with van der Waals surface area (Å²) >= 11 is 6.04. The lowest BCUT2D eigenvalue weighted by atomic mass is 10.2. The van der Waals surface area contributed by atoms with Gasteiger partial charge in [-0.3, -0.25) is 4.79 Å². The number of amides is 1. The lowest BCUT2D eigenvalue weighted by Crippen LogP contribution is -2.39. The molecule has 8 heteroatoms. The van der Waals surface area contributed by atoms with Gasteiger partial charge in [-0.2, -0.15) is 0 Å². The van der Waals surface area contributed by atoms with Crippen molar-refractivity contribution in [2.75, 3.05) is 25.6 Å². The molecule has 1 aliphatic heterocycles. The molecule has 0 aromatic heterocycles. The first-order chi connectivity index (χ1) is 13.0. The van der Waals surface area contributed by atoms with Gasteiger partial charge in [0.1, 0.15) is 12.4 Å². The van der Waals surface area contributed by atoms with Crippen LogP contribution in [0.2, 0.25) is 5.02 Å². The first kappa shape index (κ1) is 18.8. The van der Waals surface area contributed by atoms with Crippen molar-refractivity contribution in [3.05, 3.63) is 47.0 Å². The summed E-state index contributed by atoms with van der Waals surface area (Å²) in [7, 11) is 1.47. The molecule has 27 heavy (non-hydrogen) atoms. The first-order valence-corrected chi connectivity index (χ1v) is 8.55. The van der Waals surface area contributed by atoms with Crippen molar-refractivity contribution in [2.45, 2.75) is 13.0 Å². The summed E-state index contributed by atoms with van der Waals surface area (Å²) in [4.78, 5) is 24.3. The van der Waals surface area contributed by atoms with Crippen LogP contribution in [0.4, 0.5) is 5.69 Å². The fraction of sp³-hybridized carbons (Fsp3) is 0.263. The Labute approximate surface area is 161 Å². The molecule has 0 radical (unpaired) electrons. The molecule has 0 spiro atoms. The minimum Gasteiger partial charge on any atom is -0.495 e. The van der Waals surface area contributed by atoms with Crippen molar-refractivity contribution in [1.29, 1.82) is 0 Å². The molecule has 1 N–H and O–H groups in total. The number of halogens is 1. The zero-order valence-electron chi connectivity index (χ0n) is 14.8. The molecule has 0 unspecified atom stereocenters. The van der Waals surface area contributed by atoms with E-state index in [1.165, 1.54) is 7.11 Å². The number of esters is 1. The third-order valence-electron chi connectivity index (χ3n) is 3.87. The number of carbonyl (C=O) groups is 2. The average Bonchev–Trinajstić information content (AvgIpc) is 2.68. The molecule has 3 rings (SSSR count). The monoisotopic (exact) mass is 391 g/mol. The number of aryl methyl sites for hydroxylation is 1. The number of benzene rings is 2. The molecule has 1 atom stereocenters. The molecule has 7 nitrogen and oxygen atoms in total. The van der Waals surface area contributed by atoms with Gasteiger partial charge in [0.25, 0.3) is 5.91 Å². The Morgan fingerprint density at radius 2 is 2.00 bits per heavy atom. The number of hydrogen-bond donors (Lipinski definition) is 1. The summed E-state index contributed by atoms with van der Waals surface area (Å²) in [5, 5.41) is 3.15. The van der Waals surface area contributed by atoms with Crippen molar-refractivity contribution >= 4 is 29.2 Å². The number of nitrogens with one attached hydrogen (secondary N) is 1. The smallest absolute Gasteiger partial charge is 0.351 e. The summed E-state index contributed by atoms with van der Waals surface area (Å²) in [5.41, 5.74) is 1.21. The number of hydrogen-bond acceptors (Lipinski definition) is 6. The molecule has 0 saturated heterocycles. The standard InChI is InChI=1S/C19H18ClNO6/c1-11-7-13(16(24-2)8-12(11)20)21-18(22)10-26-19(23)17-9-25-14-5-3-4-6-15(14)27-17/h3-8,17H,9-10H2,1-2H3,(H,21,22)/t17-/m1/s1. The second kappa shape index (κ2) is 8.18. The maximum absolute atomic E-state index is 12.1. The highest BCUT2D eigenvalue weighted by molar-refractivity contribution is 6.31. The summed E-state index contributed by atoms with van der Waals surface area (Å²) < 4.78 is 21.2. The van der Waals surface area contributed by atoms with Crippen molar-refractivity contribution in [3.63, 3.8) is 0 Å². The van der Waals surface area contributed by atoms with E-state index in [1.54, 1.807) is 43.3 Å². The van der Waals surface area contributed by atoms with Gasteiger partial charge in [-0.05, 0) is 30.7 Å². The summed E-state index contributed by atoms with van der Waals surface area (Å²) in [5.74, 6) is 0.228. The number of fused-ring (bicyclic) bond motifs is 1. The molecule has 1 heterocycles. The molecular formula is C19H18ClNO6. The maximum Gasteiger partial charge on any atom is 0.351 e. The highest BCUT2D eigenvalue weighted by Gasteiger charge is 2.29. The lowest BCUT2D eigenvalue weighted by molar-refractivity contribution is -0.156. The summed E-state index contributed by atoms with van der Waals surface area (Å²) in [6, 6.07) is 10.3. The van der Waals surface area contributed by atoms with Gasteiger partial charge < -0.3 is 24.3 Å². The molecule has 1 amide bonds. The normalized spacial score (nSPS) is 15.0. The Morgan fingerprint density at radius 1 is 1.26 bits per heavy atom. The second-order valence-corrected chi connectivity index (χ2v) is 6.23. The van der Waals surface area contributed by atoms with Gasteiger partial charge in [0.05, 0.1) is 12.8 Å². The van der Waals surface area contributed by atoms with E-state index in [0.717, 1.165) is 5.56 Å². The van der Waals surface area contributed by atoms with E-state index >= 15 is 0 Å². The molecule has 2 aromatic carbocycles. The highest BCUT2D eigenvalue weighted by atomic mass is 35.5. The van der Waals surface area contributed by atoms with Crippen LogP contribution in [0.25, 0.3) is 0 Å². The second-order valence-electron chi connectivity index (χ2n) is 5.82. The zero-order valence-corrected chi connectivity index (χ0v) is 15.5. The van der Waals surface area contributed by atoms with Crippen LogP contribution in [0.5, 0.6) is 17.2 Å². The van der Waals surface area contributed by atoms with Crippen LogP contribution in [-0.4, -0.2) is 38.3 Å². The molecule has 2 aromatic rings. The minimum atomic E-state index is -0.931. The van der Waals surface area contributed by atoms with Gasteiger partial charge in [-0.1, -0.05) is 23.7 Å². The van der Waals surface area contributed by atoms with E-state index in [2.05, 4.69) is 5.32 Å². The molecule has 0 fully saturated rings. The quantitative estimate of drug-likeness (QED) is 0.789. The molecular weight excluding hydrogens is 374 g/mol. The Kier molecular flexibility index (Phi) is 5.71. The van der Waals surface area contributed by atoms with Gasteiger partial charge in [0.2, 0.25) is 6.10 Å². The lowest BCUT2D eigenvalue weighted by Gasteiger charge is -2.24. The van der Waals surface area contributed by atoms with Gasteiger partial charge >= 0.3 is 5.97 Å². The van der Waals surface area contributed by atoms with Crippen LogP contribution in [-0.2, 0) is 14.3 Å². The molecule has 142 valence electrons. The van der Waals surface area contributed by atoms with Crippen LogP contribution in [0, 0.1) is 6.92 Å². The fourth-order valence-corrected chi connectivity index (χ4v) is 2.64. The molecule has 0 bridgehead atoms. The molecule has 1 aliphatic rings. The number of carbonyl (C=O) groups excluding carboxylic acids is 2. The van der Waals surface area contributed by atoms with Crippen molar-refractivity contribution in [1.82, 2.24) is 0 Å². The third kappa shape index (κ3) is 4.43. The van der Waals surface area contributed by atoms with Gasteiger partial charge in [-0.25, -0.2) is 4.79 Å². The SMILES string of the molecule is COc1cc(Cl)c(C)cc1NC(=O)COC(=O)[C@H]1COc2ccccc2O1. The topological polar surface area (TPSA) is 83.1 Å². The van der Waals surface area contributed by atoms with Gasteiger partial charge in [0.15, 0.2) is 18.1 Å². The predicted molar refractivity (Wildman–Crippen MR) is 98.7 cm³/mol. The van der Waals surface area contributed by atoms with E-state index in [4.69, 9.17) is 30.5 Å². The molecule has 0 aliphatic carbocycles. The summed E-state index contributed by atoms with van der Waals surface area (Å²) in [6.45, 7) is 1.35. The first-order valence-electron chi connectivity index (χ1n) is 8.17. The number of ether oxygens (including phenoxy) is 4. The van der Waals surface area contributed by atoms with Crippen molar-refractivity contribution in [3.8, 4) is 17.2 Å². The van der Waals surface area contributed by atoms with E-state index in [9.17, 15) is 9.59 Å². The Balaban J connectivity index is 1.55. The van der Waals surface area contributed by atoms with Crippen LogP contribution in [0.3, 0.4) is 0 Å². The van der Waals surface area contributed by atoms with Gasteiger partial charge in [0, 0.05) is 11.1 Å². The van der Waals surface area contributed by atoms with Crippen LogP contribution >= 0.6 is 11.6 Å². The minimum absolute atomic E-state index is 0.0155. The number of rotatable bonds is 5. The average molecular weight is 392 g/mol. The van der Waals surface area contributed by atoms with Crippen molar-refractivity contribution in [2.24, 2.45) is 0 Å². The predicted octanol–water partition coefficient (Wildman–Crippen LogP) is 2.98. The molecule has 0 saturated carbocycles. The fourth-order valence-electron chi connectivity index (χ4n) is 2.48. The van der Waals surface area contributed by atoms with E-state index in [1.807, 2.05) is 0 Å². The third-order valence-corrected chi connectivity index (χ3v) is 4.28. The Morgan fingerprint density at radius 3 is 2.74 bits per heavy atom. The van der Waals surface area contributed by atoms with E-state index < -0.39 is 24.6 Å². The number of para-hydroxylation sites is 2. The van der Waals surface area contributed by atoms with Gasteiger partial charge in [-0.15, -0.1) is 0 Å². The van der Waals surface area contributed by atoms with Crippen molar-refractivity contribution < 1.29 is 28.5 Å². The largest absolute Gasteiger partial charge is 0.495 e. The number of anilines is 1. The van der Waals surface area contributed by atoms with E-state index in [-0.39, 0.29) is 6.61 Å². The summed E-state index contributed by atoms with van der Waals surface area (Å²) in [6.07, 6.45) is -0.931. The van der Waals surface area contributed by atoms with Crippen LogP contribution < -0.4 is 19.5 Å². The van der Waals surface area contributed by atoms with Crippen LogP contribution in [0.15, 0.2) is 36.4 Å².